The Hall–Kier alpha value is -3.35. The first-order valence-electron chi connectivity index (χ1n) is 5.04. The zero-order valence-corrected chi connectivity index (χ0v) is 10.1. The average Bonchev–Trinajstić information content (AvgIpc) is 2.38. The van der Waals surface area contributed by atoms with E-state index in [0.717, 1.165) is 25.1 Å². The Morgan fingerprint density at radius 3 is 2.45 bits per heavy atom. The molecule has 0 saturated carbocycles. The summed E-state index contributed by atoms with van der Waals surface area (Å²) in [5, 5.41) is 33.4. The molecule has 0 atom stereocenters. The molecule has 0 aliphatic heterocycles. The standard InChI is InChI=1S/C10H7N5O5/c1-6(16)9(5-11)13-12-8-3-2-7(14(17)18)4-10(8)15(19)20/h2-4,12H,1H3/b13-9+. The minimum Gasteiger partial charge on any atom is -0.292 e. The van der Waals surface area contributed by atoms with Crippen molar-refractivity contribution in [3.05, 3.63) is 38.4 Å². The number of nitro groups is 2. The molecule has 1 aromatic rings. The quantitative estimate of drug-likeness (QED) is 0.484. The lowest BCUT2D eigenvalue weighted by molar-refractivity contribution is -0.393. The summed E-state index contributed by atoms with van der Waals surface area (Å²) < 4.78 is 0. The van der Waals surface area contributed by atoms with Crippen molar-refractivity contribution in [2.75, 3.05) is 5.43 Å². The number of nitrogens with zero attached hydrogens (tertiary/aromatic N) is 4. The van der Waals surface area contributed by atoms with Crippen LogP contribution >= 0.6 is 0 Å². The fraction of sp³-hybridized carbons (Fsp3) is 0.100. The van der Waals surface area contributed by atoms with Crippen LogP contribution in [0.15, 0.2) is 23.3 Å². The van der Waals surface area contributed by atoms with E-state index >= 15 is 0 Å². The molecule has 102 valence electrons. The van der Waals surface area contributed by atoms with Gasteiger partial charge in [-0.2, -0.15) is 10.4 Å². The van der Waals surface area contributed by atoms with E-state index in [2.05, 4.69) is 10.5 Å². The number of benzene rings is 1. The minimum absolute atomic E-state index is 0.172. The summed E-state index contributed by atoms with van der Waals surface area (Å²) in [5.41, 5.74) is 0.474. The number of hydrogen-bond acceptors (Lipinski definition) is 8. The van der Waals surface area contributed by atoms with Gasteiger partial charge >= 0.3 is 5.69 Å². The number of anilines is 1. The van der Waals surface area contributed by atoms with Gasteiger partial charge in [0.2, 0.25) is 5.71 Å². The molecule has 0 heterocycles. The van der Waals surface area contributed by atoms with Gasteiger partial charge in [-0.25, -0.2) is 0 Å². The number of nitriles is 1. The van der Waals surface area contributed by atoms with E-state index in [-0.39, 0.29) is 5.69 Å². The maximum absolute atomic E-state index is 10.9. The molecule has 0 saturated heterocycles. The summed E-state index contributed by atoms with van der Waals surface area (Å²) in [6.07, 6.45) is 0. The Morgan fingerprint density at radius 1 is 1.35 bits per heavy atom. The first-order valence-corrected chi connectivity index (χ1v) is 5.04. The third kappa shape index (κ3) is 3.33. The molecular weight excluding hydrogens is 270 g/mol. The van der Waals surface area contributed by atoms with Crippen molar-refractivity contribution in [2.24, 2.45) is 5.10 Å². The number of ketones is 1. The average molecular weight is 277 g/mol. The highest BCUT2D eigenvalue weighted by atomic mass is 16.6. The van der Waals surface area contributed by atoms with Gasteiger partial charge in [0.1, 0.15) is 11.8 Å². The van der Waals surface area contributed by atoms with Gasteiger partial charge in [0.25, 0.3) is 5.69 Å². The number of carbonyl (C=O) groups is 1. The van der Waals surface area contributed by atoms with Crippen LogP contribution in [0.25, 0.3) is 0 Å². The molecule has 1 aromatic carbocycles. The third-order valence-corrected chi connectivity index (χ3v) is 2.12. The highest BCUT2D eigenvalue weighted by molar-refractivity contribution is 6.45. The predicted molar refractivity (Wildman–Crippen MR) is 67.1 cm³/mol. The van der Waals surface area contributed by atoms with Gasteiger partial charge < -0.3 is 0 Å². The SMILES string of the molecule is CC(=O)/C(C#N)=N/Nc1ccc([N+](=O)[O-])cc1[N+](=O)[O-]. The molecule has 20 heavy (non-hydrogen) atoms. The number of hydrogen-bond donors (Lipinski definition) is 1. The van der Waals surface area contributed by atoms with E-state index in [1.165, 1.54) is 6.07 Å². The zero-order chi connectivity index (χ0) is 15.3. The monoisotopic (exact) mass is 277 g/mol. The molecule has 0 aliphatic carbocycles. The van der Waals surface area contributed by atoms with E-state index in [0.29, 0.717) is 0 Å². The molecule has 0 aromatic heterocycles. The summed E-state index contributed by atoms with van der Waals surface area (Å²) >= 11 is 0. The summed E-state index contributed by atoms with van der Waals surface area (Å²) in [5.74, 6) is -0.621. The molecule has 0 fully saturated rings. The second-order valence-corrected chi connectivity index (χ2v) is 3.46. The molecule has 0 bridgehead atoms. The number of carbonyl (C=O) groups excluding carboxylic acids is 1. The maximum Gasteiger partial charge on any atom is 0.301 e. The van der Waals surface area contributed by atoms with Crippen LogP contribution in [0.4, 0.5) is 17.1 Å². The second-order valence-electron chi connectivity index (χ2n) is 3.46. The van der Waals surface area contributed by atoms with E-state index in [1.807, 2.05) is 0 Å². The Labute approximate surface area is 111 Å². The van der Waals surface area contributed by atoms with Crippen molar-refractivity contribution in [3.8, 4) is 6.07 Å². The van der Waals surface area contributed by atoms with Crippen LogP contribution in [-0.2, 0) is 4.79 Å². The molecule has 0 spiro atoms. The lowest BCUT2D eigenvalue weighted by atomic mass is 10.2. The van der Waals surface area contributed by atoms with Gasteiger partial charge in [0.15, 0.2) is 5.78 Å². The van der Waals surface area contributed by atoms with Crippen molar-refractivity contribution < 1.29 is 14.6 Å². The topological polar surface area (TPSA) is 152 Å². The van der Waals surface area contributed by atoms with Crippen molar-refractivity contribution in [2.45, 2.75) is 6.92 Å². The van der Waals surface area contributed by atoms with Crippen molar-refractivity contribution >= 4 is 28.6 Å². The number of Topliss-reactive ketones (excluding diaryl/α,β-unsaturated/α-hetero) is 1. The van der Waals surface area contributed by atoms with Crippen LogP contribution < -0.4 is 5.43 Å². The van der Waals surface area contributed by atoms with Crippen molar-refractivity contribution in [3.63, 3.8) is 0 Å². The van der Waals surface area contributed by atoms with E-state index < -0.39 is 32.7 Å². The largest absolute Gasteiger partial charge is 0.301 e. The zero-order valence-electron chi connectivity index (χ0n) is 10.1. The minimum atomic E-state index is -0.843. The van der Waals surface area contributed by atoms with Gasteiger partial charge in [-0.3, -0.25) is 30.4 Å². The van der Waals surface area contributed by atoms with E-state index in [9.17, 15) is 25.0 Å². The predicted octanol–water partition coefficient (Wildman–Crippen LogP) is 1.38. The molecule has 0 radical (unpaired) electrons. The van der Waals surface area contributed by atoms with Crippen molar-refractivity contribution in [1.82, 2.24) is 0 Å². The lowest BCUT2D eigenvalue weighted by Gasteiger charge is -2.02. The maximum atomic E-state index is 10.9. The molecule has 0 aliphatic rings. The third-order valence-electron chi connectivity index (χ3n) is 2.12. The molecule has 10 heteroatoms. The van der Waals surface area contributed by atoms with Gasteiger partial charge in [-0.05, 0) is 6.07 Å². The molecule has 1 N–H and O–H groups in total. The fourth-order valence-electron chi connectivity index (χ4n) is 1.18. The van der Waals surface area contributed by atoms with Crippen LogP contribution in [0.1, 0.15) is 6.92 Å². The lowest BCUT2D eigenvalue weighted by Crippen LogP contribution is -2.10. The molecular formula is C10H7N5O5. The Kier molecular flexibility index (Phi) is 4.42. The van der Waals surface area contributed by atoms with Crippen LogP contribution in [0, 0.1) is 31.6 Å². The molecule has 0 amide bonds. The van der Waals surface area contributed by atoms with Crippen LogP contribution in [0.3, 0.4) is 0 Å². The molecule has 0 unspecified atom stereocenters. The Morgan fingerprint density at radius 2 is 2.00 bits per heavy atom. The summed E-state index contributed by atoms with van der Waals surface area (Å²) in [6, 6.07) is 4.35. The number of non-ortho nitro benzene ring substituents is 1. The normalized spacial score (nSPS) is 10.5. The first kappa shape index (κ1) is 14.7. The number of hydrazone groups is 1. The number of rotatable bonds is 5. The van der Waals surface area contributed by atoms with Gasteiger partial charge in [0.05, 0.1) is 15.9 Å². The highest BCUT2D eigenvalue weighted by Crippen LogP contribution is 2.28. The Balaban J connectivity index is 3.20. The van der Waals surface area contributed by atoms with Gasteiger partial charge in [-0.15, -0.1) is 0 Å². The van der Waals surface area contributed by atoms with E-state index in [4.69, 9.17) is 5.26 Å². The van der Waals surface area contributed by atoms with Crippen LogP contribution in [0.2, 0.25) is 0 Å². The Bertz CT molecular complexity index is 660. The number of nitro benzene ring substituents is 2. The van der Waals surface area contributed by atoms with Crippen LogP contribution in [0.5, 0.6) is 0 Å². The van der Waals surface area contributed by atoms with E-state index in [1.54, 1.807) is 0 Å². The smallest absolute Gasteiger partial charge is 0.292 e. The molecule has 10 nitrogen and oxygen atoms in total. The van der Waals surface area contributed by atoms with Gasteiger partial charge in [-0.1, -0.05) is 0 Å². The second kappa shape index (κ2) is 6.01. The van der Waals surface area contributed by atoms with Crippen molar-refractivity contribution in [1.29, 1.82) is 5.26 Å². The molecule has 1 rings (SSSR count). The van der Waals surface area contributed by atoms with Crippen LogP contribution in [-0.4, -0.2) is 21.3 Å². The summed E-state index contributed by atoms with van der Waals surface area (Å²) in [7, 11) is 0. The number of nitrogens with one attached hydrogen (secondary N) is 1. The highest BCUT2D eigenvalue weighted by Gasteiger charge is 2.19. The van der Waals surface area contributed by atoms with Gasteiger partial charge in [0, 0.05) is 13.0 Å². The summed E-state index contributed by atoms with van der Waals surface area (Å²) in [4.78, 5) is 30.7. The summed E-state index contributed by atoms with van der Waals surface area (Å²) in [6.45, 7) is 1.11. The first-order chi connectivity index (χ1) is 9.36. The fourth-order valence-corrected chi connectivity index (χ4v) is 1.18.